The number of hydrogen-bond donors (Lipinski definition) is 0. The molecule has 0 saturated heterocycles. The van der Waals surface area contributed by atoms with Gasteiger partial charge in [-0.3, -0.25) is 0 Å². The van der Waals surface area contributed by atoms with Gasteiger partial charge in [0, 0.05) is 72.6 Å². The quantitative estimate of drug-likeness (QED) is 0.164. The third-order valence-corrected chi connectivity index (χ3v) is 14.1. The van der Waals surface area contributed by atoms with Gasteiger partial charge in [-0.1, -0.05) is 121 Å². The van der Waals surface area contributed by atoms with Crippen molar-refractivity contribution in [3.8, 4) is 11.4 Å². The van der Waals surface area contributed by atoms with Gasteiger partial charge in [0.25, 0.3) is 13.4 Å². The van der Waals surface area contributed by atoms with Crippen LogP contribution >= 0.6 is 0 Å². The third kappa shape index (κ3) is 3.68. The lowest BCUT2D eigenvalue weighted by Crippen LogP contribution is -2.60. The van der Waals surface area contributed by atoms with Gasteiger partial charge in [-0.15, -0.1) is 0 Å². The highest BCUT2D eigenvalue weighted by molar-refractivity contribution is 7.01. The van der Waals surface area contributed by atoms with Crippen molar-refractivity contribution >= 4 is 124 Å². The van der Waals surface area contributed by atoms with E-state index in [0.29, 0.717) is 0 Å². The fraction of sp³-hybridized carbons (Fsp3) is 0. The molecule has 0 N–H and O–H groups in total. The van der Waals surface area contributed by atoms with Crippen LogP contribution in [0.2, 0.25) is 0 Å². The van der Waals surface area contributed by atoms with E-state index in [1.54, 1.807) is 0 Å². The Morgan fingerprint density at radius 1 is 0.283 bits per heavy atom. The molecular formula is C54H32B2N4. The van der Waals surface area contributed by atoms with Crippen molar-refractivity contribution in [1.29, 1.82) is 0 Å². The molecule has 0 radical (unpaired) electrons. The molecule has 15 rings (SSSR count). The van der Waals surface area contributed by atoms with E-state index in [4.69, 9.17) is 0 Å². The number of aromatic nitrogens is 2. The molecule has 4 aliphatic rings. The Hall–Kier alpha value is -7.69. The summed E-state index contributed by atoms with van der Waals surface area (Å²) in [5.74, 6) is 0. The SMILES string of the molecule is c1ccc(N2c3ccccc3B3c4c2cccc4-n2c4cc5c6ccc7c8c6n(c5cc4c4cccc3c42)-c2ccccc2B8c2ccccc2N7c2ccccc2)cc1. The number of fused-ring (bicyclic) bond motifs is 15. The first-order chi connectivity index (χ1) is 29.8. The second kappa shape index (κ2) is 11.1. The summed E-state index contributed by atoms with van der Waals surface area (Å²) < 4.78 is 5.19. The smallest absolute Gasteiger partial charge is 0.252 e. The largest absolute Gasteiger partial charge is 0.311 e. The molecule has 6 heterocycles. The predicted molar refractivity (Wildman–Crippen MR) is 254 cm³/mol. The molecule has 4 nitrogen and oxygen atoms in total. The van der Waals surface area contributed by atoms with Crippen LogP contribution in [0, 0.1) is 0 Å². The first-order valence-electron chi connectivity index (χ1n) is 21.0. The van der Waals surface area contributed by atoms with Crippen LogP contribution in [0.25, 0.3) is 55.0 Å². The molecule has 2 aromatic heterocycles. The minimum atomic E-state index is 0.119. The molecule has 0 amide bonds. The van der Waals surface area contributed by atoms with Gasteiger partial charge in [-0.25, -0.2) is 0 Å². The number of anilines is 6. The predicted octanol–water partition coefficient (Wildman–Crippen LogP) is 9.11. The van der Waals surface area contributed by atoms with E-state index in [1.165, 1.54) is 122 Å². The Morgan fingerprint density at radius 2 is 0.733 bits per heavy atom. The van der Waals surface area contributed by atoms with Crippen molar-refractivity contribution < 1.29 is 0 Å². The van der Waals surface area contributed by atoms with E-state index in [-0.39, 0.29) is 13.4 Å². The van der Waals surface area contributed by atoms with Crippen LogP contribution in [-0.2, 0) is 0 Å². The number of rotatable bonds is 2. The lowest BCUT2D eigenvalue weighted by Gasteiger charge is -2.40. The third-order valence-electron chi connectivity index (χ3n) is 14.1. The van der Waals surface area contributed by atoms with Crippen LogP contribution in [0.1, 0.15) is 0 Å². The summed E-state index contributed by atoms with van der Waals surface area (Å²) in [7, 11) is 0. The van der Waals surface area contributed by atoms with E-state index >= 15 is 0 Å². The Morgan fingerprint density at radius 3 is 1.38 bits per heavy atom. The van der Waals surface area contributed by atoms with Gasteiger partial charge in [0.2, 0.25) is 0 Å². The molecule has 60 heavy (non-hydrogen) atoms. The molecule has 6 heteroatoms. The number of para-hydroxylation sites is 6. The van der Waals surface area contributed by atoms with Crippen molar-refractivity contribution in [2.75, 3.05) is 9.80 Å². The maximum atomic E-state index is 2.59. The summed E-state index contributed by atoms with van der Waals surface area (Å²) in [5, 5.41) is 5.16. The molecule has 0 aliphatic carbocycles. The Labute approximate surface area is 346 Å². The van der Waals surface area contributed by atoms with Crippen LogP contribution < -0.4 is 42.6 Å². The van der Waals surface area contributed by atoms with E-state index in [1.807, 2.05) is 0 Å². The summed E-state index contributed by atoms with van der Waals surface area (Å²) in [6, 6.07) is 72.7. The number of benzene rings is 9. The van der Waals surface area contributed by atoms with Gasteiger partial charge < -0.3 is 18.9 Å². The van der Waals surface area contributed by atoms with Gasteiger partial charge in [0.1, 0.15) is 0 Å². The molecule has 0 spiro atoms. The summed E-state index contributed by atoms with van der Waals surface area (Å²) in [6.45, 7) is 0.238. The van der Waals surface area contributed by atoms with Crippen molar-refractivity contribution in [3.05, 3.63) is 194 Å². The van der Waals surface area contributed by atoms with Crippen LogP contribution in [0.15, 0.2) is 194 Å². The van der Waals surface area contributed by atoms with Gasteiger partial charge in [0.15, 0.2) is 0 Å². The van der Waals surface area contributed by atoms with E-state index in [9.17, 15) is 0 Å². The normalized spacial score (nSPS) is 13.9. The molecular weight excluding hydrogens is 726 g/mol. The molecule has 0 atom stereocenters. The molecule has 0 saturated carbocycles. The standard InChI is InChI=1S/C54H32B2N4/c1-3-15-33(16-4-1)57-44-25-11-8-21-40(44)56-42-23-13-19-35-37-31-49-38(32-50(37)60(53(35)42)47-28-14-27-46(57)51(47)56)36-29-30-48-52-54(36)59(49)45-26-12-9-22-41(45)55(52)39-20-7-10-24-43(39)58(48)34-17-5-2-6-18-34/h1-32H. The molecule has 274 valence electrons. The monoisotopic (exact) mass is 758 g/mol. The van der Waals surface area contributed by atoms with E-state index in [0.717, 1.165) is 0 Å². The first kappa shape index (κ1) is 31.3. The van der Waals surface area contributed by atoms with Gasteiger partial charge in [-0.05, 0) is 106 Å². The average molecular weight is 759 g/mol. The lowest BCUT2D eigenvalue weighted by atomic mass is 9.34. The van der Waals surface area contributed by atoms with Crippen molar-refractivity contribution in [2.45, 2.75) is 0 Å². The highest BCUT2D eigenvalue weighted by Gasteiger charge is 2.44. The van der Waals surface area contributed by atoms with E-state index < -0.39 is 0 Å². The lowest BCUT2D eigenvalue weighted by molar-refractivity contribution is 1.17. The topological polar surface area (TPSA) is 16.3 Å². The fourth-order valence-electron chi connectivity index (χ4n) is 11.9. The Bertz CT molecular complexity index is 3700. The van der Waals surface area contributed by atoms with Crippen molar-refractivity contribution in [3.63, 3.8) is 0 Å². The van der Waals surface area contributed by atoms with Crippen molar-refractivity contribution in [2.24, 2.45) is 0 Å². The highest BCUT2D eigenvalue weighted by atomic mass is 15.2. The minimum absolute atomic E-state index is 0.119. The van der Waals surface area contributed by atoms with Crippen LogP contribution in [0.5, 0.6) is 0 Å². The maximum Gasteiger partial charge on any atom is 0.252 e. The molecule has 11 aromatic rings. The van der Waals surface area contributed by atoms with Crippen LogP contribution in [0.3, 0.4) is 0 Å². The maximum absolute atomic E-state index is 2.59. The zero-order chi connectivity index (χ0) is 38.8. The second-order valence-electron chi connectivity index (χ2n) is 16.8. The molecule has 0 fully saturated rings. The summed E-state index contributed by atoms with van der Waals surface area (Å²) in [4.78, 5) is 4.95. The van der Waals surface area contributed by atoms with Crippen molar-refractivity contribution in [1.82, 2.24) is 9.13 Å². The van der Waals surface area contributed by atoms with Gasteiger partial charge in [0.05, 0.1) is 16.6 Å². The summed E-state index contributed by atoms with van der Waals surface area (Å²) in [6.07, 6.45) is 0. The van der Waals surface area contributed by atoms with Gasteiger partial charge in [-0.2, -0.15) is 0 Å². The van der Waals surface area contributed by atoms with Crippen LogP contribution in [0.4, 0.5) is 34.1 Å². The highest BCUT2D eigenvalue weighted by Crippen LogP contribution is 2.46. The first-order valence-corrected chi connectivity index (χ1v) is 21.0. The molecule has 9 aromatic carbocycles. The minimum Gasteiger partial charge on any atom is -0.311 e. The molecule has 0 bridgehead atoms. The Balaban J connectivity index is 1.07. The van der Waals surface area contributed by atoms with Gasteiger partial charge >= 0.3 is 0 Å². The number of nitrogens with zero attached hydrogens (tertiary/aromatic N) is 4. The summed E-state index contributed by atoms with van der Waals surface area (Å²) in [5.41, 5.74) is 23.1. The zero-order valence-corrected chi connectivity index (χ0v) is 32.4. The number of hydrogen-bond acceptors (Lipinski definition) is 2. The van der Waals surface area contributed by atoms with Crippen LogP contribution in [-0.4, -0.2) is 22.6 Å². The average Bonchev–Trinajstić information content (AvgIpc) is 3.82. The summed E-state index contributed by atoms with van der Waals surface area (Å²) >= 11 is 0. The fourth-order valence-corrected chi connectivity index (χ4v) is 11.9. The second-order valence-corrected chi connectivity index (χ2v) is 16.8. The van der Waals surface area contributed by atoms with E-state index in [2.05, 4.69) is 213 Å². The Kier molecular flexibility index (Phi) is 5.78. The zero-order valence-electron chi connectivity index (χ0n) is 32.4. The molecule has 0 unspecified atom stereocenters. The molecule has 4 aliphatic heterocycles.